The third-order valence-corrected chi connectivity index (χ3v) is 5.11. The van der Waals surface area contributed by atoms with Crippen LogP contribution in [0.3, 0.4) is 0 Å². The third-order valence-electron chi connectivity index (χ3n) is 5.11. The van der Waals surface area contributed by atoms with Crippen LogP contribution in [0.5, 0.6) is 0 Å². The normalized spacial score (nSPS) is 9.49. The fraction of sp³-hybridized carbons (Fsp3) is 0.613. The molecule has 0 fully saturated rings. The number of rotatable bonds is 18. The summed E-state index contributed by atoms with van der Waals surface area (Å²) in [6, 6.07) is 0. The second kappa shape index (κ2) is 29.3. The molecule has 0 unspecified atom stereocenters. The molecule has 0 amide bonds. The van der Waals surface area contributed by atoms with Crippen LogP contribution in [0.1, 0.15) is 117 Å². The molecule has 1 atom stereocenters. The van der Waals surface area contributed by atoms with Gasteiger partial charge in [0.15, 0.2) is 6.10 Å². The zero-order valence-corrected chi connectivity index (χ0v) is 23.5. The molecule has 0 radical (unpaired) electrons. The Morgan fingerprint density at radius 3 is 1.68 bits per heavy atom. The summed E-state index contributed by atoms with van der Waals surface area (Å²) in [6.07, 6.45) is 15.4. The number of carbonyl (C=O) groups excluding carboxylic acids is 2. The molecule has 5 nitrogen and oxygen atoms in total. The summed E-state index contributed by atoms with van der Waals surface area (Å²) in [5.41, 5.74) is 0. The molecule has 1 N–H and O–H groups in total. The van der Waals surface area contributed by atoms with E-state index in [1.165, 1.54) is 64.2 Å². The Morgan fingerprint density at radius 2 is 1.19 bits per heavy atom. The second-order valence-corrected chi connectivity index (χ2v) is 8.26. The molecule has 0 aliphatic rings. The van der Waals surface area contributed by atoms with Gasteiger partial charge in [-0.3, -0.25) is 4.79 Å². The average Bonchev–Trinajstić information content (AvgIpc) is 2.88. The highest BCUT2D eigenvalue weighted by Gasteiger charge is 2.15. The van der Waals surface area contributed by atoms with E-state index in [1.807, 2.05) is 0 Å². The van der Waals surface area contributed by atoms with E-state index >= 15 is 0 Å². The number of aliphatic hydroxyl groups excluding tert-OH is 1. The summed E-state index contributed by atoms with van der Waals surface area (Å²) in [5.74, 6) is 23.1. The highest BCUT2D eigenvalue weighted by molar-refractivity contribution is 7.59. The Labute approximate surface area is 245 Å². The zero-order chi connectivity index (χ0) is 26.5. The van der Waals surface area contributed by atoms with Gasteiger partial charge in [0.05, 0.1) is 6.61 Å². The fourth-order valence-corrected chi connectivity index (χ4v) is 3.19. The number of aliphatic hydroxyl groups is 1. The molecular formula is C31H60O5S. The molecule has 0 aromatic carbocycles. The molecule has 37 heavy (non-hydrogen) atoms. The molecule has 6 heteroatoms. The van der Waals surface area contributed by atoms with E-state index in [0.717, 1.165) is 19.3 Å². The van der Waals surface area contributed by atoms with Gasteiger partial charge in [0.25, 0.3) is 0 Å². The number of esters is 2. The maximum Gasteiger partial charge on any atom is 0.385 e. The fourth-order valence-electron chi connectivity index (χ4n) is 3.19. The smallest absolute Gasteiger partial charge is 0.385 e. The van der Waals surface area contributed by atoms with Crippen molar-refractivity contribution in [2.24, 2.45) is 0 Å². The topological polar surface area (TPSA) is 72.8 Å². The van der Waals surface area contributed by atoms with Crippen LogP contribution in [-0.2, 0) is 19.1 Å². The van der Waals surface area contributed by atoms with Gasteiger partial charge < -0.3 is 14.6 Å². The summed E-state index contributed by atoms with van der Waals surface area (Å²) >= 11 is 0. The molecule has 0 heterocycles. The van der Waals surface area contributed by atoms with Crippen LogP contribution in [0, 0.1) is 59.2 Å². The van der Waals surface area contributed by atoms with Crippen molar-refractivity contribution in [3.63, 3.8) is 0 Å². The molecule has 0 aromatic rings. The third kappa shape index (κ3) is 27.5. The van der Waals surface area contributed by atoms with Gasteiger partial charge >= 0.3 is 11.9 Å². The number of carbonyl (C=O) groups is 2. The monoisotopic (exact) mass is 544 g/mol. The van der Waals surface area contributed by atoms with Gasteiger partial charge in [0.2, 0.25) is 0 Å². The summed E-state index contributed by atoms with van der Waals surface area (Å²) in [6.45, 7) is 3.21. The van der Waals surface area contributed by atoms with Gasteiger partial charge in [-0.2, -0.15) is 13.5 Å². The largest absolute Gasteiger partial charge is 0.456 e. The van der Waals surface area contributed by atoms with Crippen LogP contribution in [0.4, 0.5) is 0 Å². The Morgan fingerprint density at radius 1 is 0.730 bits per heavy atom. The Balaban J connectivity index is -0.000000136. The SMILES string of the molecule is CC#CC#CC#CC#CC#CC(=O)OC[C@@H](CO)OC(=O)CCCCCCCCCCCCCCC.S.[HH].[HH].[HH].[HH].[HH].[HH].[HH].[HH].[HH]. The minimum absolute atomic E-state index is 0. The van der Waals surface area contributed by atoms with Gasteiger partial charge in [0, 0.05) is 25.2 Å². The van der Waals surface area contributed by atoms with Gasteiger partial charge in [-0.15, -0.1) is 0 Å². The Kier molecular flexibility index (Phi) is 28.7. The van der Waals surface area contributed by atoms with Crippen molar-refractivity contribution in [1.82, 2.24) is 0 Å². The van der Waals surface area contributed by atoms with Gasteiger partial charge in [-0.25, -0.2) is 4.79 Å². The van der Waals surface area contributed by atoms with Crippen molar-refractivity contribution in [1.29, 1.82) is 0 Å². The van der Waals surface area contributed by atoms with Gasteiger partial charge in [-0.1, -0.05) is 89.9 Å². The molecular weight excluding hydrogens is 484 g/mol. The first-order valence-electron chi connectivity index (χ1n) is 13.0. The maximum atomic E-state index is 12.0. The highest BCUT2D eigenvalue weighted by atomic mass is 32.1. The number of hydrogen-bond donors (Lipinski definition) is 1. The molecule has 0 saturated carbocycles. The van der Waals surface area contributed by atoms with Crippen molar-refractivity contribution in [3.05, 3.63) is 0 Å². The zero-order valence-electron chi connectivity index (χ0n) is 22.5. The molecule has 0 bridgehead atoms. The lowest BCUT2D eigenvalue weighted by molar-refractivity contribution is -0.159. The number of hydrogen-bond acceptors (Lipinski definition) is 5. The minimum Gasteiger partial charge on any atom is -0.456 e. The highest BCUT2D eigenvalue weighted by Crippen LogP contribution is 2.13. The summed E-state index contributed by atoms with van der Waals surface area (Å²) in [4.78, 5) is 23.6. The van der Waals surface area contributed by atoms with Crippen molar-refractivity contribution in [3.8, 4) is 59.2 Å². The molecule has 0 aliphatic heterocycles. The van der Waals surface area contributed by atoms with E-state index in [4.69, 9.17) is 9.47 Å². The summed E-state index contributed by atoms with van der Waals surface area (Å²) < 4.78 is 10.1. The maximum absolute atomic E-state index is 12.0. The predicted molar refractivity (Wildman–Crippen MR) is 172 cm³/mol. The first kappa shape index (κ1) is 36.2. The lowest BCUT2D eigenvalue weighted by Crippen LogP contribution is -2.28. The van der Waals surface area contributed by atoms with E-state index in [1.54, 1.807) is 6.92 Å². The Hall–Kier alpha value is -2.95. The molecule has 0 saturated heterocycles. The van der Waals surface area contributed by atoms with E-state index in [2.05, 4.69) is 66.1 Å². The second-order valence-electron chi connectivity index (χ2n) is 8.26. The van der Waals surface area contributed by atoms with E-state index < -0.39 is 24.6 Å². The number of ether oxygens (including phenoxy) is 2. The lowest BCUT2D eigenvalue weighted by Gasteiger charge is -2.14. The molecule has 0 rings (SSSR count). The lowest BCUT2D eigenvalue weighted by atomic mass is 10.0. The summed E-state index contributed by atoms with van der Waals surface area (Å²) in [7, 11) is 0. The predicted octanol–water partition coefficient (Wildman–Crippen LogP) is 7.28. The van der Waals surface area contributed by atoms with Crippen molar-refractivity contribution in [2.45, 2.75) is 110 Å². The van der Waals surface area contributed by atoms with Crippen molar-refractivity contribution in [2.75, 3.05) is 13.2 Å². The van der Waals surface area contributed by atoms with E-state index in [-0.39, 0.29) is 39.4 Å². The van der Waals surface area contributed by atoms with Gasteiger partial charge in [0.1, 0.15) is 6.61 Å². The Bertz CT molecular complexity index is 962. The average molecular weight is 545 g/mol. The van der Waals surface area contributed by atoms with Crippen LogP contribution >= 0.6 is 13.5 Å². The molecule has 0 aliphatic carbocycles. The first-order chi connectivity index (χ1) is 17.6. The molecule has 0 spiro atoms. The first-order valence-corrected chi connectivity index (χ1v) is 13.0. The van der Waals surface area contributed by atoms with Gasteiger partial charge in [-0.05, 0) is 60.7 Å². The van der Waals surface area contributed by atoms with Crippen molar-refractivity contribution >= 4 is 25.4 Å². The van der Waals surface area contributed by atoms with E-state index in [0.29, 0.717) is 0 Å². The van der Waals surface area contributed by atoms with Crippen LogP contribution < -0.4 is 0 Å². The van der Waals surface area contributed by atoms with Crippen molar-refractivity contribution < 1.29 is 37.0 Å². The van der Waals surface area contributed by atoms with Crippen LogP contribution in [0.25, 0.3) is 0 Å². The quantitative estimate of drug-likeness (QED) is 0.0849. The molecule has 220 valence electrons. The van der Waals surface area contributed by atoms with Crippen LogP contribution in [0.2, 0.25) is 0 Å². The van der Waals surface area contributed by atoms with Crippen LogP contribution in [0.15, 0.2) is 0 Å². The van der Waals surface area contributed by atoms with Crippen LogP contribution in [-0.4, -0.2) is 36.4 Å². The number of unbranched alkanes of at least 4 members (excludes halogenated alkanes) is 12. The molecule has 0 aromatic heterocycles. The standard InChI is InChI=1S/C31H40O5.H2S.9H2/c1-3-5-7-9-11-13-14-15-16-18-20-22-24-26-31(34)36-29(27-32)28-35-30(33)25-23-21-19-17-12-10-8-6-4-2;;;;;;;;;;/h29,32H,3,5,7,9,11,13-16,18,20,22,24,26-28H2,1-2H3;1H2;9*1H/t29-;;;;;;;;;;/m1........../s1. The minimum atomic E-state index is -0.910. The summed E-state index contributed by atoms with van der Waals surface area (Å²) in [5, 5.41) is 9.36. The van der Waals surface area contributed by atoms with E-state index in [9.17, 15) is 14.7 Å².